The summed E-state index contributed by atoms with van der Waals surface area (Å²) in [5.41, 5.74) is 29.9. The molecule has 24 rings (SSSR count). The topological polar surface area (TPSA) is 242 Å². The highest BCUT2D eigenvalue weighted by Crippen LogP contribution is 2.47. The van der Waals surface area contributed by atoms with Crippen LogP contribution in [-0.2, 0) is 0 Å². The van der Waals surface area contributed by atoms with Crippen LogP contribution in [0.5, 0.6) is 0 Å². The average molecular weight is 1660 g/mol. The molecule has 6 aromatic carbocycles. The summed E-state index contributed by atoms with van der Waals surface area (Å²) < 4.78 is 0. The van der Waals surface area contributed by atoms with Crippen LogP contribution >= 0.6 is 0 Å². The number of hydrogen-bond donors (Lipinski definition) is 0. The number of hydrogen-bond acceptors (Lipinski definition) is 21. The molecule has 0 unspecified atom stereocenters. The fourth-order valence-electron chi connectivity index (χ4n) is 16.3. The van der Waals surface area contributed by atoms with E-state index in [1.807, 2.05) is 256 Å². The first-order valence-corrected chi connectivity index (χ1v) is 41.8. The normalized spacial score (nSPS) is 15.3. The summed E-state index contributed by atoms with van der Waals surface area (Å²) in [4.78, 5) is 90.1. The lowest BCUT2D eigenvalue weighted by molar-refractivity contribution is 0.566. The van der Waals surface area contributed by atoms with Gasteiger partial charge in [0.15, 0.2) is 52.4 Å². The Bertz CT molecular complexity index is 6450. The summed E-state index contributed by atoms with van der Waals surface area (Å²) in [5.74, 6) is 5.02. The standard InChI is InChI=1S/C57H36N10.C27H18N4.C24H15N7/c1-7-19-37(20-8-1)49-58-50(38-21-9-2-10-22-38)62-55(61-49)43-31-46-33-44(56-63-51(39-23-11-3-12-24-39)59-52(64-56)40-25-13-4-14-26-40)35-48-36-45(34-47(32-43)67(46)48)57-65-53(41-27-15-5-16-28-41)60-54(66-57)42-29-17-6-18-30-42;1-7-28-8-2-19(1)22-13-25-15-23(20-3-9-29-10-4-20)17-27-18-24(16-26(14-22)31(25)27)21-5-11-30-12-6-21;1-16(19-7-25-13-26-8-19)2-23-5-18(21-11-29-15-30-12-21)6-24-4-17(3-22(1)31(23)24)20-9-27-14-28-10-20/h1-36H;1-18H;1-15H. The zero-order chi connectivity index (χ0) is 85.8. The monoisotopic (exact) mass is 1660 g/mol. The minimum atomic E-state index is 0.527. The van der Waals surface area contributed by atoms with Gasteiger partial charge in [0.2, 0.25) is 0 Å². The molecular formula is C108H69N21. The van der Waals surface area contributed by atoms with Crippen molar-refractivity contribution in [2.45, 2.75) is 0 Å². The largest absolute Gasteiger partial charge is 0.310 e. The number of pyridine rings is 3. The van der Waals surface area contributed by atoms with E-state index in [9.17, 15) is 0 Å². The smallest absolute Gasteiger partial charge is 0.164 e. The molecule has 0 radical (unpaired) electrons. The van der Waals surface area contributed by atoms with E-state index in [4.69, 9.17) is 44.9 Å². The molecule has 21 heteroatoms. The minimum Gasteiger partial charge on any atom is -0.310 e. The highest BCUT2D eigenvalue weighted by molar-refractivity contribution is 5.93. The maximum Gasteiger partial charge on any atom is 0.164 e. The molecule has 0 saturated carbocycles. The molecule has 9 aromatic heterocycles. The van der Waals surface area contributed by atoms with Crippen LogP contribution < -0.4 is 0 Å². The van der Waals surface area contributed by atoms with Crippen molar-refractivity contribution >= 4 is 50.2 Å². The van der Waals surface area contributed by atoms with Gasteiger partial charge in [0.25, 0.3) is 0 Å². The molecular weight excluding hydrogens is 1590 g/mol. The molecule has 21 nitrogen and oxygen atoms in total. The van der Waals surface area contributed by atoms with Crippen LogP contribution in [0.3, 0.4) is 0 Å². The molecule has 0 N–H and O–H groups in total. The summed E-state index contributed by atoms with van der Waals surface area (Å²) in [7, 11) is 0. The van der Waals surface area contributed by atoms with Crippen LogP contribution in [0.2, 0.25) is 0 Å². The van der Waals surface area contributed by atoms with Gasteiger partial charge in [-0.15, -0.1) is 0 Å². The van der Waals surface area contributed by atoms with Crippen LogP contribution in [-0.4, -0.2) is 104 Å². The maximum atomic E-state index is 5.13. The molecule has 0 fully saturated rings. The molecule has 0 spiro atoms. The third-order valence-corrected chi connectivity index (χ3v) is 22.4. The number of aromatic nitrogens is 18. The van der Waals surface area contributed by atoms with Gasteiger partial charge >= 0.3 is 0 Å². The zero-order valence-corrected chi connectivity index (χ0v) is 68.7. The van der Waals surface area contributed by atoms with Gasteiger partial charge < -0.3 is 14.7 Å². The van der Waals surface area contributed by atoms with Crippen molar-refractivity contribution in [1.29, 1.82) is 0 Å². The third kappa shape index (κ3) is 16.1. The number of nitrogens with zero attached hydrogens (tertiary/aromatic N) is 21. The van der Waals surface area contributed by atoms with Gasteiger partial charge in [0, 0.05) is 192 Å². The molecule has 129 heavy (non-hydrogen) atoms. The third-order valence-electron chi connectivity index (χ3n) is 22.4. The van der Waals surface area contributed by atoms with E-state index in [0.29, 0.717) is 52.4 Å². The van der Waals surface area contributed by atoms with Crippen molar-refractivity contribution in [3.8, 4) is 68.3 Å². The van der Waals surface area contributed by atoms with Crippen LogP contribution in [0.4, 0.5) is 0 Å². The van der Waals surface area contributed by atoms with Crippen LogP contribution in [0.1, 0.15) is 50.9 Å². The second kappa shape index (κ2) is 34.2. The molecule has 18 heterocycles. The van der Waals surface area contributed by atoms with Crippen LogP contribution in [0.15, 0.2) is 472 Å². The van der Waals surface area contributed by atoms with Gasteiger partial charge in [-0.1, -0.05) is 182 Å². The zero-order valence-electron chi connectivity index (χ0n) is 68.7. The first-order valence-electron chi connectivity index (χ1n) is 41.8. The quantitative estimate of drug-likeness (QED) is 0.0926. The van der Waals surface area contributed by atoms with Crippen LogP contribution in [0, 0.1) is 0 Å². The molecule has 0 aliphatic carbocycles. The lowest BCUT2D eigenvalue weighted by Gasteiger charge is -2.37. The summed E-state index contributed by atoms with van der Waals surface area (Å²) >= 11 is 0. The Morgan fingerprint density at radius 3 is 0.488 bits per heavy atom. The minimum absolute atomic E-state index is 0.527. The van der Waals surface area contributed by atoms with Gasteiger partial charge in [-0.2, -0.15) is 0 Å². The van der Waals surface area contributed by atoms with E-state index >= 15 is 0 Å². The molecule has 0 bridgehead atoms. The highest BCUT2D eigenvalue weighted by atomic mass is 15.2. The van der Waals surface area contributed by atoms with Crippen molar-refractivity contribution in [3.63, 3.8) is 0 Å². The Hall–Kier alpha value is -18.2. The summed E-state index contributed by atoms with van der Waals surface area (Å²) in [6.45, 7) is 0. The van der Waals surface area contributed by atoms with E-state index in [1.165, 1.54) is 35.7 Å². The molecule has 0 amide bonds. The molecule has 9 aliphatic rings. The van der Waals surface area contributed by atoms with Crippen molar-refractivity contribution in [2.75, 3.05) is 0 Å². The molecule has 0 saturated heterocycles. The van der Waals surface area contributed by atoms with E-state index in [2.05, 4.69) is 205 Å². The van der Waals surface area contributed by atoms with Gasteiger partial charge in [-0.25, -0.2) is 74.8 Å². The second-order valence-corrected chi connectivity index (χ2v) is 30.7. The Kier molecular flexibility index (Phi) is 20.4. The predicted molar refractivity (Wildman–Crippen MR) is 501 cm³/mol. The first kappa shape index (κ1) is 76.9. The van der Waals surface area contributed by atoms with Gasteiger partial charge in [0.05, 0.1) is 0 Å². The lowest BCUT2D eigenvalue weighted by atomic mass is 9.90. The maximum absolute atomic E-state index is 5.13. The van der Waals surface area contributed by atoms with E-state index in [0.717, 1.165) is 151 Å². The second-order valence-electron chi connectivity index (χ2n) is 30.7. The Labute approximate surface area is 741 Å². The average Bonchev–Trinajstić information content (AvgIpc) is 0.742. The van der Waals surface area contributed by atoms with Gasteiger partial charge in [-0.3, -0.25) is 15.0 Å². The summed E-state index contributed by atoms with van der Waals surface area (Å²) in [5, 5.41) is 0. The SMILES string of the molecule is C1=C(c2ccncc2)C=C2C=C(c3ccncc3)C=C3C=C(c4ccncc4)C=C1N23.C1=C(c2cncnc2)C=C2C=C(c3cncnc3)C=C3C=C(c4cncnc4)C=C1N23.C1=C(c2nc(-c3ccccc3)nc(-c3ccccc3)n2)C=C2C=C(c3nc(-c4ccccc4)nc(-c4ccccc4)n3)C=C3C=C(c4nc(-c5ccccc5)nc(-c5ccccc5)n4)C=C1N23. The number of rotatable bonds is 15. The molecule has 606 valence electrons. The van der Waals surface area contributed by atoms with Crippen molar-refractivity contribution in [3.05, 3.63) is 523 Å². The number of allylic oxidation sites excluding steroid dienone is 27. The molecule has 15 aromatic rings. The number of benzene rings is 6. The Morgan fingerprint density at radius 2 is 0.295 bits per heavy atom. The van der Waals surface area contributed by atoms with E-state index in [-0.39, 0.29) is 0 Å². The predicted octanol–water partition coefficient (Wildman–Crippen LogP) is 20.8. The first-order chi connectivity index (χ1) is 63.8. The van der Waals surface area contributed by atoms with Crippen LogP contribution in [0.25, 0.3) is 118 Å². The van der Waals surface area contributed by atoms with Crippen molar-refractivity contribution in [2.24, 2.45) is 0 Å². The fourth-order valence-corrected chi connectivity index (χ4v) is 16.3. The Morgan fingerprint density at radius 1 is 0.132 bits per heavy atom. The molecule has 0 atom stereocenters. The van der Waals surface area contributed by atoms with E-state index < -0.39 is 0 Å². The van der Waals surface area contributed by atoms with Gasteiger partial charge in [0.1, 0.15) is 19.0 Å². The lowest BCUT2D eigenvalue weighted by Crippen LogP contribution is -2.27. The summed E-state index contributed by atoms with van der Waals surface area (Å²) in [6.07, 6.45) is 65.6. The van der Waals surface area contributed by atoms with Crippen molar-refractivity contribution < 1.29 is 0 Å². The Balaban J connectivity index is 0.000000130. The van der Waals surface area contributed by atoms with Gasteiger partial charge in [-0.05, 0) is 196 Å². The van der Waals surface area contributed by atoms with Crippen molar-refractivity contribution in [1.82, 2.24) is 104 Å². The highest BCUT2D eigenvalue weighted by Gasteiger charge is 2.34. The van der Waals surface area contributed by atoms with E-state index in [1.54, 1.807) is 0 Å². The summed E-state index contributed by atoms with van der Waals surface area (Å²) in [6, 6.07) is 72.3. The molecule has 9 aliphatic heterocycles. The fraction of sp³-hybridized carbons (Fsp3) is 0.